The van der Waals surface area contributed by atoms with Crippen LogP contribution in [0.4, 0.5) is 0 Å². The van der Waals surface area contributed by atoms with Gasteiger partial charge in [0, 0.05) is 50.3 Å². The van der Waals surface area contributed by atoms with E-state index in [1.807, 2.05) is 0 Å². The summed E-state index contributed by atoms with van der Waals surface area (Å²) in [6.45, 7) is 33.1. The third-order valence-electron chi connectivity index (χ3n) is 10.4. The van der Waals surface area contributed by atoms with Crippen molar-refractivity contribution in [1.82, 2.24) is 14.7 Å². The van der Waals surface area contributed by atoms with Crippen LogP contribution in [-0.4, -0.2) is 97.9 Å². The first-order chi connectivity index (χ1) is 20.9. The maximum Gasteiger partial charge on any atom is 0.306 e. The second-order valence-electron chi connectivity index (χ2n) is 17.5. The fourth-order valence-electron chi connectivity index (χ4n) is 8.09. The van der Waals surface area contributed by atoms with Gasteiger partial charge in [-0.15, -0.1) is 0 Å². The molecule has 3 rings (SSSR count). The van der Waals surface area contributed by atoms with Gasteiger partial charge in [0.2, 0.25) is 0 Å². The van der Waals surface area contributed by atoms with Gasteiger partial charge in [0.25, 0.3) is 0 Å². The Bertz CT molecular complexity index is 765. The van der Waals surface area contributed by atoms with E-state index in [0.29, 0.717) is 35.9 Å². The van der Waals surface area contributed by atoms with Crippen molar-refractivity contribution in [2.75, 3.05) is 60.0 Å². The highest BCUT2D eigenvalue weighted by molar-refractivity contribution is 5.69. The Labute approximate surface area is 303 Å². The van der Waals surface area contributed by atoms with Crippen molar-refractivity contribution in [2.45, 2.75) is 193 Å². The molecule has 0 aromatic heterocycles. The lowest BCUT2D eigenvalue weighted by molar-refractivity contribution is -0.145. The lowest BCUT2D eigenvalue weighted by atomic mass is 9.61. The fourth-order valence-corrected chi connectivity index (χ4v) is 8.09. The van der Waals surface area contributed by atoms with Gasteiger partial charge in [-0.3, -0.25) is 9.69 Å². The average molecular weight is 686 g/mol. The van der Waals surface area contributed by atoms with E-state index in [9.17, 15) is 4.79 Å². The number of carbonyl (C=O) groups excluding carboxylic acids is 1. The van der Waals surface area contributed by atoms with Crippen molar-refractivity contribution < 1.29 is 14.3 Å². The number of unbranched alkanes of at least 4 members (excludes halogenated alkanes) is 3. The molecule has 0 unspecified atom stereocenters. The molecule has 0 radical (unpaired) electrons. The van der Waals surface area contributed by atoms with Crippen LogP contribution in [0.3, 0.4) is 0 Å². The van der Waals surface area contributed by atoms with Crippen LogP contribution in [0, 0.1) is 16.7 Å². The lowest BCUT2D eigenvalue weighted by Crippen LogP contribution is -2.60. The smallest absolute Gasteiger partial charge is 0.306 e. The molecule has 2 heterocycles. The molecule has 292 valence electrons. The number of piperidine rings is 1. The molecule has 2 saturated heterocycles. The molecule has 0 N–H and O–H groups in total. The Hall–Kier alpha value is -0.690. The van der Waals surface area contributed by atoms with Gasteiger partial charge in [-0.05, 0) is 116 Å². The summed E-state index contributed by atoms with van der Waals surface area (Å²) in [5, 5.41) is 0. The third kappa shape index (κ3) is 20.9. The molecule has 0 aromatic rings. The maximum absolute atomic E-state index is 11.8. The quantitative estimate of drug-likeness (QED) is 0.150. The van der Waals surface area contributed by atoms with Crippen LogP contribution in [0.1, 0.15) is 175 Å². The second-order valence-corrected chi connectivity index (χ2v) is 17.5. The summed E-state index contributed by atoms with van der Waals surface area (Å²) in [5.41, 5.74) is 1.21. The molecule has 1 saturated carbocycles. The first kappa shape index (κ1) is 51.7. The van der Waals surface area contributed by atoms with Crippen LogP contribution >= 0.6 is 0 Å². The van der Waals surface area contributed by atoms with Gasteiger partial charge in [-0.1, -0.05) is 90.0 Å². The van der Waals surface area contributed by atoms with Gasteiger partial charge in [-0.25, -0.2) is 0 Å². The minimum Gasteiger partial charge on any atom is -0.466 e. The summed E-state index contributed by atoms with van der Waals surface area (Å²) in [6.07, 6.45) is 14.1. The third-order valence-corrected chi connectivity index (χ3v) is 10.4. The topological polar surface area (TPSA) is 45.3 Å². The van der Waals surface area contributed by atoms with Gasteiger partial charge in [0.1, 0.15) is 0 Å². The van der Waals surface area contributed by atoms with Crippen LogP contribution in [0.25, 0.3) is 0 Å². The van der Waals surface area contributed by atoms with E-state index in [-0.39, 0.29) is 39.3 Å². The Morgan fingerprint density at radius 3 is 1.58 bits per heavy atom. The predicted octanol–water partition coefficient (Wildman–Crippen LogP) is 11.0. The second kappa shape index (κ2) is 24.5. The van der Waals surface area contributed by atoms with Crippen molar-refractivity contribution in [3.8, 4) is 0 Å². The number of hydrogen-bond donors (Lipinski definition) is 0. The monoisotopic (exact) mass is 686 g/mol. The molecule has 0 amide bonds. The van der Waals surface area contributed by atoms with Crippen LogP contribution < -0.4 is 0 Å². The normalized spacial score (nSPS) is 22.3. The standard InChI is InChI=1S/C16H30O2.C14H29NO.C9H20N2.3CH4/c1-6-7-8-18-14(17)9-13-10-15(2,3)12-16(4,5)11-13;1-7-8-9-16-12-10-13(2,3)15(6)14(4,5)11-12;1-3-4-5-11-8-6-10(2)7-9-11;;;/h13H,6-12H2,1-5H3;12H,7-11H2,1-6H3;3-9H2,1-2H3;3*1H4. The summed E-state index contributed by atoms with van der Waals surface area (Å²) in [5.74, 6) is 0.500. The van der Waals surface area contributed by atoms with Crippen LogP contribution in [0.5, 0.6) is 0 Å². The molecular formula is C42H91N3O3. The molecular weight excluding hydrogens is 594 g/mol. The van der Waals surface area contributed by atoms with Gasteiger partial charge < -0.3 is 19.3 Å². The fraction of sp³-hybridized carbons (Fsp3) is 0.976. The van der Waals surface area contributed by atoms with E-state index < -0.39 is 0 Å². The zero-order chi connectivity index (χ0) is 34.3. The van der Waals surface area contributed by atoms with Gasteiger partial charge in [-0.2, -0.15) is 0 Å². The molecule has 6 nitrogen and oxygen atoms in total. The molecule has 1 aliphatic carbocycles. The van der Waals surface area contributed by atoms with Crippen molar-refractivity contribution in [3.63, 3.8) is 0 Å². The Kier molecular flexibility index (Phi) is 26.4. The number of likely N-dealkylation sites (tertiary alicyclic amines) is 1. The summed E-state index contributed by atoms with van der Waals surface area (Å²) < 4.78 is 11.3. The summed E-state index contributed by atoms with van der Waals surface area (Å²) in [4.78, 5) is 19.3. The van der Waals surface area contributed by atoms with E-state index in [1.54, 1.807) is 0 Å². The maximum atomic E-state index is 11.8. The number of nitrogens with zero attached hydrogens (tertiary/aromatic N) is 3. The van der Waals surface area contributed by atoms with E-state index >= 15 is 0 Å². The Morgan fingerprint density at radius 1 is 0.667 bits per heavy atom. The van der Waals surface area contributed by atoms with Crippen molar-refractivity contribution in [1.29, 1.82) is 0 Å². The molecule has 6 heteroatoms. The van der Waals surface area contributed by atoms with Gasteiger partial charge in [0.05, 0.1) is 12.7 Å². The molecule has 0 spiro atoms. The summed E-state index contributed by atoms with van der Waals surface area (Å²) >= 11 is 0. The van der Waals surface area contributed by atoms with Crippen LogP contribution in [0.15, 0.2) is 0 Å². The largest absolute Gasteiger partial charge is 0.466 e. The summed E-state index contributed by atoms with van der Waals surface area (Å²) in [7, 11) is 4.44. The van der Waals surface area contributed by atoms with E-state index in [2.05, 4.69) is 105 Å². The molecule has 0 bridgehead atoms. The highest BCUT2D eigenvalue weighted by Gasteiger charge is 2.43. The predicted molar refractivity (Wildman–Crippen MR) is 214 cm³/mol. The first-order valence-corrected chi connectivity index (χ1v) is 18.8. The van der Waals surface area contributed by atoms with Gasteiger partial charge in [0.15, 0.2) is 0 Å². The minimum atomic E-state index is 0. The molecule has 3 fully saturated rings. The van der Waals surface area contributed by atoms with Crippen LogP contribution in [-0.2, 0) is 14.3 Å². The Balaban J connectivity index is -0.000000629. The average Bonchev–Trinajstić information content (AvgIpc) is 2.90. The number of likely N-dealkylation sites (N-methyl/N-ethyl adjacent to an activating group) is 1. The minimum absolute atomic E-state index is 0. The van der Waals surface area contributed by atoms with E-state index in [1.165, 1.54) is 64.8 Å². The molecule has 2 aliphatic heterocycles. The van der Waals surface area contributed by atoms with E-state index in [4.69, 9.17) is 9.47 Å². The number of ether oxygens (including phenoxy) is 2. The van der Waals surface area contributed by atoms with Crippen LogP contribution in [0.2, 0.25) is 0 Å². The zero-order valence-corrected chi connectivity index (χ0v) is 32.7. The highest BCUT2D eigenvalue weighted by Crippen LogP contribution is 2.49. The highest BCUT2D eigenvalue weighted by atomic mass is 16.5. The van der Waals surface area contributed by atoms with Gasteiger partial charge >= 0.3 is 5.97 Å². The molecule has 3 aliphatic rings. The SMILES string of the molecule is C.C.C.CCCCN1CCN(C)CC1.CCCCOC(=O)CC1CC(C)(C)CC(C)(C)C1.CCCCOC1CC(C)(C)N(C)C(C)(C)C1. The van der Waals surface area contributed by atoms with Crippen molar-refractivity contribution >= 4 is 5.97 Å². The number of piperazine rings is 1. The summed E-state index contributed by atoms with van der Waals surface area (Å²) in [6, 6.07) is 0. The molecule has 0 aromatic carbocycles. The first-order valence-electron chi connectivity index (χ1n) is 18.8. The van der Waals surface area contributed by atoms with E-state index in [0.717, 1.165) is 45.1 Å². The Morgan fingerprint density at radius 2 is 1.12 bits per heavy atom. The number of carbonyl (C=O) groups is 1. The number of hydrogen-bond acceptors (Lipinski definition) is 6. The number of esters is 1. The number of rotatable bonds is 12. The molecule has 0 atom stereocenters. The lowest BCUT2D eigenvalue weighted by Gasteiger charge is -2.53. The molecule has 48 heavy (non-hydrogen) atoms. The zero-order valence-electron chi connectivity index (χ0n) is 32.7. The van der Waals surface area contributed by atoms with Crippen molar-refractivity contribution in [3.05, 3.63) is 0 Å². The van der Waals surface area contributed by atoms with Crippen molar-refractivity contribution in [2.24, 2.45) is 16.7 Å².